The predicted molar refractivity (Wildman–Crippen MR) is 153 cm³/mol. The zero-order valence-electron chi connectivity index (χ0n) is 22.9. The Morgan fingerprint density at radius 2 is 1.23 bits per heavy atom. The van der Waals surface area contributed by atoms with Crippen molar-refractivity contribution in [2.75, 3.05) is 0 Å². The number of ether oxygens (including phenoxy) is 3. The lowest BCUT2D eigenvalue weighted by Gasteiger charge is -2.16. The van der Waals surface area contributed by atoms with Crippen molar-refractivity contribution in [2.45, 2.75) is 34.6 Å². The van der Waals surface area contributed by atoms with Crippen LogP contribution in [0.25, 0.3) is 23.3 Å². The topological polar surface area (TPSA) is 78.9 Å². The van der Waals surface area contributed by atoms with Crippen molar-refractivity contribution in [3.63, 3.8) is 0 Å². The Balaban J connectivity index is 1.91. The molecule has 0 amide bonds. The lowest BCUT2D eigenvalue weighted by atomic mass is 9.96. The molecule has 0 spiro atoms. The van der Waals surface area contributed by atoms with Gasteiger partial charge in [0.15, 0.2) is 0 Å². The summed E-state index contributed by atoms with van der Waals surface area (Å²) in [6.45, 7) is 15.8. The maximum absolute atomic E-state index is 12.6. The van der Waals surface area contributed by atoms with Crippen LogP contribution in [0.3, 0.4) is 0 Å². The summed E-state index contributed by atoms with van der Waals surface area (Å²) in [4.78, 5) is 36.1. The molecule has 39 heavy (non-hydrogen) atoms. The van der Waals surface area contributed by atoms with Crippen LogP contribution in [0.5, 0.6) is 17.2 Å². The van der Waals surface area contributed by atoms with Gasteiger partial charge in [-0.1, -0.05) is 75.6 Å². The molecule has 0 aromatic heterocycles. The maximum Gasteiger partial charge on any atom is 0.338 e. The summed E-state index contributed by atoms with van der Waals surface area (Å²) >= 11 is 0. The summed E-state index contributed by atoms with van der Waals surface area (Å²) < 4.78 is 16.4. The van der Waals surface area contributed by atoms with Crippen molar-refractivity contribution in [1.82, 2.24) is 0 Å². The average Bonchev–Trinajstić information content (AvgIpc) is 2.90. The highest BCUT2D eigenvalue weighted by Gasteiger charge is 2.17. The Hall–Kier alpha value is -4.71. The van der Waals surface area contributed by atoms with E-state index in [2.05, 4.69) is 13.2 Å². The Labute approximate surface area is 229 Å². The average molecular weight is 525 g/mol. The Morgan fingerprint density at radius 3 is 1.72 bits per heavy atom. The standard InChI is InChI=1S/C33H32O6/c1-20(2)31(34)37-27-15-9-24(10-16-27)8-11-26-14-19-29(23(7)30(26)39-33(36)22(5)6)25-12-17-28(18-13-25)38-32(35)21(3)4/h8-19,22H,1,3H2,2,4-7H3/b11-8+. The van der Waals surface area contributed by atoms with Crippen LogP contribution in [0.4, 0.5) is 0 Å². The van der Waals surface area contributed by atoms with Crippen molar-refractivity contribution < 1.29 is 28.6 Å². The van der Waals surface area contributed by atoms with Gasteiger partial charge in [0, 0.05) is 22.3 Å². The van der Waals surface area contributed by atoms with Crippen LogP contribution in [0, 0.1) is 12.8 Å². The SMILES string of the molecule is C=C(C)C(=O)Oc1ccc(/C=C/c2ccc(-c3ccc(OC(=O)C(=C)C)cc3)c(C)c2OC(=O)C(C)C)cc1. The van der Waals surface area contributed by atoms with Gasteiger partial charge in [0.05, 0.1) is 5.92 Å². The van der Waals surface area contributed by atoms with Crippen LogP contribution in [-0.2, 0) is 14.4 Å². The van der Waals surface area contributed by atoms with Crippen LogP contribution in [0.1, 0.15) is 44.4 Å². The molecular formula is C33H32O6. The summed E-state index contributed by atoms with van der Waals surface area (Å²) in [6, 6.07) is 18.0. The molecule has 6 heteroatoms. The van der Waals surface area contributed by atoms with Crippen molar-refractivity contribution in [3.05, 3.63) is 102 Å². The van der Waals surface area contributed by atoms with E-state index in [1.807, 2.05) is 55.5 Å². The Kier molecular flexibility index (Phi) is 9.39. The van der Waals surface area contributed by atoms with E-state index in [4.69, 9.17) is 14.2 Å². The lowest BCUT2D eigenvalue weighted by Crippen LogP contribution is -2.16. The van der Waals surface area contributed by atoms with E-state index in [-0.39, 0.29) is 11.9 Å². The van der Waals surface area contributed by atoms with Gasteiger partial charge in [-0.3, -0.25) is 4.79 Å². The fourth-order valence-electron chi connectivity index (χ4n) is 3.43. The largest absolute Gasteiger partial charge is 0.425 e. The molecule has 0 aliphatic carbocycles. The van der Waals surface area contributed by atoms with E-state index >= 15 is 0 Å². The summed E-state index contributed by atoms with van der Waals surface area (Å²) in [6.07, 6.45) is 3.75. The van der Waals surface area contributed by atoms with E-state index in [1.54, 1.807) is 52.0 Å². The van der Waals surface area contributed by atoms with Gasteiger partial charge >= 0.3 is 17.9 Å². The molecule has 0 aliphatic rings. The second-order valence-corrected chi connectivity index (χ2v) is 9.50. The van der Waals surface area contributed by atoms with Gasteiger partial charge in [-0.2, -0.15) is 0 Å². The highest BCUT2D eigenvalue weighted by molar-refractivity contribution is 5.89. The maximum atomic E-state index is 12.6. The number of hydrogen-bond donors (Lipinski definition) is 0. The van der Waals surface area contributed by atoms with Gasteiger partial charge in [-0.15, -0.1) is 0 Å². The Bertz CT molecular complexity index is 1440. The van der Waals surface area contributed by atoms with Crippen molar-refractivity contribution in [3.8, 4) is 28.4 Å². The number of esters is 3. The molecule has 0 saturated carbocycles. The normalized spacial score (nSPS) is 10.8. The molecule has 200 valence electrons. The number of carbonyl (C=O) groups is 3. The third-order valence-corrected chi connectivity index (χ3v) is 5.73. The summed E-state index contributed by atoms with van der Waals surface area (Å²) in [5.41, 5.74) is 4.78. The van der Waals surface area contributed by atoms with Crippen LogP contribution in [0.15, 0.2) is 85.0 Å². The molecule has 0 unspecified atom stereocenters. The first kappa shape index (κ1) is 28.9. The summed E-state index contributed by atoms with van der Waals surface area (Å²) in [7, 11) is 0. The van der Waals surface area contributed by atoms with Gasteiger partial charge in [0.2, 0.25) is 0 Å². The zero-order valence-corrected chi connectivity index (χ0v) is 22.9. The highest BCUT2D eigenvalue weighted by Crippen LogP contribution is 2.35. The number of carbonyl (C=O) groups excluding carboxylic acids is 3. The van der Waals surface area contributed by atoms with Gasteiger partial charge in [0.25, 0.3) is 0 Å². The first-order valence-electron chi connectivity index (χ1n) is 12.5. The number of rotatable bonds is 9. The third kappa shape index (κ3) is 7.65. The summed E-state index contributed by atoms with van der Waals surface area (Å²) in [5.74, 6) is -0.305. The van der Waals surface area contributed by atoms with Crippen LogP contribution < -0.4 is 14.2 Å². The minimum absolute atomic E-state index is 0.304. The van der Waals surface area contributed by atoms with Crippen molar-refractivity contribution >= 4 is 30.1 Å². The molecule has 0 fully saturated rings. The number of benzene rings is 3. The van der Waals surface area contributed by atoms with E-state index in [9.17, 15) is 14.4 Å². The molecule has 3 aromatic carbocycles. The molecule has 0 N–H and O–H groups in total. The molecule has 0 bridgehead atoms. The van der Waals surface area contributed by atoms with Gasteiger partial charge in [0.1, 0.15) is 17.2 Å². The lowest BCUT2D eigenvalue weighted by molar-refractivity contribution is -0.138. The molecule has 3 rings (SSSR count). The molecule has 0 radical (unpaired) electrons. The first-order chi connectivity index (χ1) is 18.5. The third-order valence-electron chi connectivity index (χ3n) is 5.73. The zero-order chi connectivity index (χ0) is 28.7. The van der Waals surface area contributed by atoms with E-state index in [0.717, 1.165) is 27.8 Å². The van der Waals surface area contributed by atoms with Gasteiger partial charge in [-0.25, -0.2) is 9.59 Å². The minimum Gasteiger partial charge on any atom is -0.425 e. The highest BCUT2D eigenvalue weighted by atomic mass is 16.5. The quantitative estimate of drug-likeness (QED) is 0.126. The monoisotopic (exact) mass is 524 g/mol. The summed E-state index contributed by atoms with van der Waals surface area (Å²) in [5, 5.41) is 0. The van der Waals surface area contributed by atoms with Crippen LogP contribution in [-0.4, -0.2) is 17.9 Å². The molecule has 0 heterocycles. The smallest absolute Gasteiger partial charge is 0.338 e. The van der Waals surface area contributed by atoms with E-state index < -0.39 is 11.9 Å². The van der Waals surface area contributed by atoms with Crippen molar-refractivity contribution in [2.24, 2.45) is 5.92 Å². The van der Waals surface area contributed by atoms with E-state index in [1.165, 1.54) is 0 Å². The minimum atomic E-state index is -0.486. The molecule has 0 saturated heterocycles. The van der Waals surface area contributed by atoms with Gasteiger partial charge < -0.3 is 14.2 Å². The molecule has 3 aromatic rings. The molecular weight excluding hydrogens is 492 g/mol. The van der Waals surface area contributed by atoms with Crippen molar-refractivity contribution in [1.29, 1.82) is 0 Å². The Morgan fingerprint density at radius 1 is 0.718 bits per heavy atom. The second-order valence-electron chi connectivity index (χ2n) is 9.50. The van der Waals surface area contributed by atoms with Gasteiger partial charge in [-0.05, 0) is 61.7 Å². The van der Waals surface area contributed by atoms with Crippen LogP contribution >= 0.6 is 0 Å². The predicted octanol–water partition coefficient (Wildman–Crippen LogP) is 7.36. The van der Waals surface area contributed by atoms with E-state index in [0.29, 0.717) is 28.4 Å². The molecule has 0 atom stereocenters. The molecule has 6 nitrogen and oxygen atoms in total. The van der Waals surface area contributed by atoms with Crippen LogP contribution in [0.2, 0.25) is 0 Å². The second kappa shape index (κ2) is 12.7. The first-order valence-corrected chi connectivity index (χ1v) is 12.5. The molecule has 0 aliphatic heterocycles. The fourth-order valence-corrected chi connectivity index (χ4v) is 3.43. The number of hydrogen-bond acceptors (Lipinski definition) is 6. The fraction of sp³-hybridized carbons (Fsp3) is 0.182.